The number of carbonyl (C=O) groups is 1. The monoisotopic (exact) mass is 649 g/mol. The van der Waals surface area contributed by atoms with Gasteiger partial charge in [-0.25, -0.2) is 0 Å². The number of hydrogen-bond acceptors (Lipinski definition) is 7. The molecule has 1 heterocycles. The molecule has 3 N–H and O–H groups in total. The SMILES string of the molecule is CC(C)CC(NC(=O)Cn1nc(-c2ccccc2OS(=O)(=O)c2cccc(C(F)(F)F)c2)cc1-c1ccc(Cl)cc1)B(O)O. The zero-order valence-corrected chi connectivity index (χ0v) is 25.1. The highest BCUT2D eigenvalue weighted by molar-refractivity contribution is 7.87. The quantitative estimate of drug-likeness (QED) is 0.150. The second kappa shape index (κ2) is 13.4. The fraction of sp³-hybridized carbons (Fsp3) is 0.241. The summed E-state index contributed by atoms with van der Waals surface area (Å²) in [6.45, 7) is 3.39. The predicted molar refractivity (Wildman–Crippen MR) is 159 cm³/mol. The molecule has 0 aliphatic rings. The van der Waals surface area contributed by atoms with Crippen LogP contribution in [0.1, 0.15) is 25.8 Å². The van der Waals surface area contributed by atoms with Crippen molar-refractivity contribution in [2.75, 3.05) is 0 Å². The maximum absolute atomic E-state index is 13.2. The Morgan fingerprint density at radius 2 is 1.73 bits per heavy atom. The van der Waals surface area contributed by atoms with Gasteiger partial charge in [0.05, 0.1) is 22.9 Å². The Labute approximate surface area is 257 Å². The van der Waals surface area contributed by atoms with Gasteiger partial charge in [0, 0.05) is 10.6 Å². The van der Waals surface area contributed by atoms with Crippen LogP contribution in [-0.2, 0) is 27.6 Å². The molecule has 1 atom stereocenters. The summed E-state index contributed by atoms with van der Waals surface area (Å²) in [6, 6.07) is 17.3. The molecule has 1 unspecified atom stereocenters. The van der Waals surface area contributed by atoms with E-state index in [4.69, 9.17) is 15.8 Å². The number of para-hydroxylation sites is 1. The summed E-state index contributed by atoms with van der Waals surface area (Å²) in [6.07, 6.45) is -4.45. The zero-order chi connectivity index (χ0) is 32.2. The third-order valence-electron chi connectivity index (χ3n) is 6.46. The van der Waals surface area contributed by atoms with E-state index in [1.807, 2.05) is 13.8 Å². The third-order valence-corrected chi connectivity index (χ3v) is 7.94. The van der Waals surface area contributed by atoms with Crippen LogP contribution in [0.25, 0.3) is 22.5 Å². The van der Waals surface area contributed by atoms with Crippen molar-refractivity contribution in [1.82, 2.24) is 15.1 Å². The van der Waals surface area contributed by atoms with Gasteiger partial charge in [0.15, 0.2) is 5.75 Å². The summed E-state index contributed by atoms with van der Waals surface area (Å²) >= 11 is 6.05. The molecule has 0 aliphatic heterocycles. The number of amides is 1. The number of aromatic nitrogens is 2. The van der Waals surface area contributed by atoms with E-state index in [1.54, 1.807) is 36.4 Å². The van der Waals surface area contributed by atoms with Gasteiger partial charge in [-0.05, 0) is 66.4 Å². The Kier molecular flexibility index (Phi) is 10.1. The van der Waals surface area contributed by atoms with Crippen LogP contribution >= 0.6 is 11.6 Å². The standard InChI is InChI=1S/C29H28BClF3N3O6S/c1-18(2)14-27(30(39)40)35-28(38)17-37-25(19-10-12-21(31)13-11-19)16-24(36-37)23-8-3-4-9-26(23)43-44(41,42)22-7-5-6-20(15-22)29(32,33)34/h3-13,15-16,18,27,39-40H,14,17H2,1-2H3,(H,35,38). The molecule has 0 radical (unpaired) electrons. The molecular weight excluding hydrogens is 622 g/mol. The molecule has 0 saturated carbocycles. The van der Waals surface area contributed by atoms with E-state index in [2.05, 4.69) is 10.4 Å². The van der Waals surface area contributed by atoms with Crippen molar-refractivity contribution >= 4 is 34.7 Å². The minimum atomic E-state index is -4.76. The summed E-state index contributed by atoms with van der Waals surface area (Å²) in [5.74, 6) is -1.63. The fourth-order valence-electron chi connectivity index (χ4n) is 4.42. The molecular formula is C29H28BClF3N3O6S. The summed E-state index contributed by atoms with van der Waals surface area (Å²) < 4.78 is 72.4. The van der Waals surface area contributed by atoms with Crippen LogP contribution in [0.2, 0.25) is 5.02 Å². The second-order valence-corrected chi connectivity index (χ2v) is 12.3. The van der Waals surface area contributed by atoms with Crippen LogP contribution in [0.3, 0.4) is 0 Å². The van der Waals surface area contributed by atoms with Crippen molar-refractivity contribution in [2.24, 2.45) is 5.92 Å². The van der Waals surface area contributed by atoms with Gasteiger partial charge >= 0.3 is 23.4 Å². The molecule has 15 heteroatoms. The number of nitrogens with zero attached hydrogens (tertiary/aromatic N) is 2. The normalized spacial score (nSPS) is 12.7. The fourth-order valence-corrected chi connectivity index (χ4v) is 5.54. The molecule has 0 bridgehead atoms. The van der Waals surface area contributed by atoms with Crippen molar-refractivity contribution in [2.45, 2.75) is 43.8 Å². The lowest BCUT2D eigenvalue weighted by atomic mass is 9.75. The van der Waals surface area contributed by atoms with E-state index in [9.17, 15) is 36.4 Å². The van der Waals surface area contributed by atoms with Gasteiger partial charge in [-0.15, -0.1) is 0 Å². The molecule has 44 heavy (non-hydrogen) atoms. The van der Waals surface area contributed by atoms with Crippen LogP contribution in [0.5, 0.6) is 5.75 Å². The Morgan fingerprint density at radius 3 is 2.36 bits per heavy atom. The van der Waals surface area contributed by atoms with Crippen molar-refractivity contribution in [1.29, 1.82) is 0 Å². The highest BCUT2D eigenvalue weighted by Gasteiger charge is 2.32. The van der Waals surface area contributed by atoms with E-state index in [-0.39, 0.29) is 29.5 Å². The first kappa shape index (κ1) is 33.1. The first-order valence-corrected chi connectivity index (χ1v) is 15.1. The summed E-state index contributed by atoms with van der Waals surface area (Å²) in [5, 5.41) is 27.1. The number of benzene rings is 3. The lowest BCUT2D eigenvalue weighted by Gasteiger charge is -2.20. The average Bonchev–Trinajstić information content (AvgIpc) is 3.35. The highest BCUT2D eigenvalue weighted by Crippen LogP contribution is 2.35. The number of rotatable bonds is 11. The Bertz CT molecular complexity index is 1730. The van der Waals surface area contributed by atoms with Crippen LogP contribution < -0.4 is 9.50 Å². The topological polar surface area (TPSA) is 131 Å². The highest BCUT2D eigenvalue weighted by atomic mass is 35.5. The molecule has 0 fully saturated rings. The Balaban J connectivity index is 1.71. The molecule has 0 aliphatic carbocycles. The number of carbonyl (C=O) groups excluding carboxylic acids is 1. The molecule has 4 rings (SSSR count). The molecule has 232 valence electrons. The lowest BCUT2D eigenvalue weighted by Crippen LogP contribution is -2.48. The minimum absolute atomic E-state index is 0.0618. The van der Waals surface area contributed by atoms with Gasteiger partial charge in [-0.2, -0.15) is 26.7 Å². The molecule has 1 aromatic heterocycles. The lowest BCUT2D eigenvalue weighted by molar-refractivity contribution is -0.137. The van der Waals surface area contributed by atoms with Gasteiger partial charge < -0.3 is 19.5 Å². The first-order valence-electron chi connectivity index (χ1n) is 13.3. The van der Waals surface area contributed by atoms with Crippen molar-refractivity contribution in [3.8, 4) is 28.3 Å². The van der Waals surface area contributed by atoms with E-state index < -0.39 is 45.7 Å². The first-order chi connectivity index (χ1) is 20.6. The van der Waals surface area contributed by atoms with Crippen LogP contribution in [0.15, 0.2) is 83.8 Å². The van der Waals surface area contributed by atoms with Crippen molar-refractivity contribution < 1.29 is 40.6 Å². The zero-order valence-electron chi connectivity index (χ0n) is 23.5. The summed E-state index contributed by atoms with van der Waals surface area (Å²) in [4.78, 5) is 12.3. The van der Waals surface area contributed by atoms with Gasteiger partial charge in [0.1, 0.15) is 11.4 Å². The summed E-state index contributed by atoms with van der Waals surface area (Å²) in [5.41, 5.74) is 0.271. The van der Waals surface area contributed by atoms with Crippen molar-refractivity contribution in [3.05, 3.63) is 89.4 Å². The second-order valence-electron chi connectivity index (χ2n) is 10.4. The maximum Gasteiger partial charge on any atom is 0.475 e. The van der Waals surface area contributed by atoms with Gasteiger partial charge in [-0.3, -0.25) is 9.48 Å². The molecule has 0 saturated heterocycles. The van der Waals surface area contributed by atoms with Crippen LogP contribution in [0, 0.1) is 5.92 Å². The van der Waals surface area contributed by atoms with E-state index in [1.165, 1.54) is 22.9 Å². The molecule has 0 spiro atoms. The smallest absolute Gasteiger partial charge is 0.426 e. The van der Waals surface area contributed by atoms with Gasteiger partial charge in [0.25, 0.3) is 0 Å². The predicted octanol–water partition coefficient (Wildman–Crippen LogP) is 5.20. The Hall–Kier alpha value is -3.85. The molecule has 3 aromatic carbocycles. The maximum atomic E-state index is 13.2. The molecule has 9 nitrogen and oxygen atoms in total. The summed E-state index contributed by atoms with van der Waals surface area (Å²) in [7, 11) is -6.48. The van der Waals surface area contributed by atoms with Gasteiger partial charge in [0.2, 0.25) is 5.91 Å². The molecule has 1 amide bonds. The molecule has 4 aromatic rings. The van der Waals surface area contributed by atoms with Crippen LogP contribution in [-0.4, -0.2) is 47.2 Å². The number of nitrogens with one attached hydrogen (secondary N) is 1. The third kappa shape index (κ3) is 8.20. The average molecular weight is 650 g/mol. The number of hydrogen-bond donors (Lipinski definition) is 3. The number of halogens is 4. The number of alkyl halides is 3. The van der Waals surface area contributed by atoms with E-state index >= 15 is 0 Å². The van der Waals surface area contributed by atoms with Crippen LogP contribution in [0.4, 0.5) is 13.2 Å². The Morgan fingerprint density at radius 1 is 1.05 bits per heavy atom. The van der Waals surface area contributed by atoms with Crippen molar-refractivity contribution in [3.63, 3.8) is 0 Å². The van der Waals surface area contributed by atoms with E-state index in [0.717, 1.165) is 18.2 Å². The van der Waals surface area contributed by atoms with E-state index in [0.29, 0.717) is 28.8 Å². The minimum Gasteiger partial charge on any atom is -0.426 e. The van der Waals surface area contributed by atoms with Gasteiger partial charge in [-0.1, -0.05) is 55.8 Å². The largest absolute Gasteiger partial charge is 0.475 e.